The molecule has 0 bridgehead atoms. The smallest absolute Gasteiger partial charge is 0.416 e. The first kappa shape index (κ1) is 27.7. The number of amides is 1. The molecule has 1 fully saturated rings. The molecule has 1 unspecified atom stereocenters. The molecule has 0 aliphatic carbocycles. The van der Waals surface area contributed by atoms with Crippen molar-refractivity contribution in [3.8, 4) is 11.5 Å². The normalized spacial score (nSPS) is 17.3. The third-order valence-corrected chi connectivity index (χ3v) is 5.78. The summed E-state index contributed by atoms with van der Waals surface area (Å²) in [5.41, 5.74) is 1.51. The van der Waals surface area contributed by atoms with Crippen molar-refractivity contribution < 1.29 is 40.6 Å². The van der Waals surface area contributed by atoms with Crippen LogP contribution in [0, 0.1) is 0 Å². The molecule has 4 rings (SSSR count). The molecule has 2 heterocycles. The van der Waals surface area contributed by atoms with Crippen LogP contribution >= 0.6 is 12.4 Å². The number of rotatable bonds is 5. The Bertz CT molecular complexity index is 1060. The minimum Gasteiger partial charge on any atom is -0.454 e. The molecular weight excluding hydrogens is 518 g/mol. The second-order valence-corrected chi connectivity index (χ2v) is 8.26. The van der Waals surface area contributed by atoms with Gasteiger partial charge in [-0.15, -0.1) is 12.4 Å². The molecule has 14 heteroatoms. The van der Waals surface area contributed by atoms with Gasteiger partial charge < -0.3 is 14.4 Å². The summed E-state index contributed by atoms with van der Waals surface area (Å²) in [5, 5.41) is 0. The van der Waals surface area contributed by atoms with Gasteiger partial charge in [-0.1, -0.05) is 6.07 Å². The molecule has 0 saturated carbocycles. The summed E-state index contributed by atoms with van der Waals surface area (Å²) in [7, 11) is 1.93. The molecule has 36 heavy (non-hydrogen) atoms. The number of hydrogen-bond acceptors (Lipinski definition) is 6. The van der Waals surface area contributed by atoms with E-state index in [-0.39, 0.29) is 25.3 Å². The van der Waals surface area contributed by atoms with Gasteiger partial charge in [0, 0.05) is 26.2 Å². The van der Waals surface area contributed by atoms with Gasteiger partial charge in [0.2, 0.25) is 6.79 Å². The Morgan fingerprint density at radius 3 is 2.06 bits per heavy atom. The van der Waals surface area contributed by atoms with Crippen molar-refractivity contribution in [1.82, 2.24) is 15.2 Å². The van der Waals surface area contributed by atoms with Crippen LogP contribution in [-0.4, -0.2) is 55.7 Å². The van der Waals surface area contributed by atoms with E-state index >= 15 is 0 Å². The number of hydrogen-bond donors (Lipinski definition) is 2. The van der Waals surface area contributed by atoms with Crippen molar-refractivity contribution in [3.63, 3.8) is 0 Å². The van der Waals surface area contributed by atoms with Crippen LogP contribution in [0.15, 0.2) is 36.4 Å². The number of piperazine rings is 1. The minimum atomic E-state index is -5.00. The van der Waals surface area contributed by atoms with Gasteiger partial charge in [0.15, 0.2) is 11.5 Å². The molecule has 2 N–H and O–H groups in total. The first-order chi connectivity index (χ1) is 16.4. The number of nitrogens with zero attached hydrogens (tertiary/aromatic N) is 2. The van der Waals surface area contributed by atoms with Crippen LogP contribution in [0.2, 0.25) is 0 Å². The number of carbonyl (C=O) groups is 1. The largest absolute Gasteiger partial charge is 0.454 e. The second-order valence-electron chi connectivity index (χ2n) is 8.26. The second kappa shape index (κ2) is 10.6. The lowest BCUT2D eigenvalue weighted by molar-refractivity contribution is -0.143. The molecule has 0 spiro atoms. The summed E-state index contributed by atoms with van der Waals surface area (Å²) >= 11 is 0. The van der Waals surface area contributed by atoms with Gasteiger partial charge in [-0.2, -0.15) is 26.3 Å². The van der Waals surface area contributed by atoms with Gasteiger partial charge in [0.25, 0.3) is 5.91 Å². The number of benzene rings is 2. The zero-order valence-corrected chi connectivity index (χ0v) is 19.7. The Hall–Kier alpha value is -2.90. The van der Waals surface area contributed by atoms with Crippen molar-refractivity contribution in [2.75, 3.05) is 45.4 Å². The average molecular weight is 541 g/mol. The van der Waals surface area contributed by atoms with Crippen LogP contribution in [0.4, 0.5) is 32.0 Å². The van der Waals surface area contributed by atoms with Crippen molar-refractivity contribution in [1.29, 1.82) is 0 Å². The molecule has 198 valence electrons. The maximum atomic E-state index is 13.2. The molecule has 2 aliphatic heterocycles. The average Bonchev–Trinajstić information content (AvgIpc) is 3.26. The van der Waals surface area contributed by atoms with E-state index < -0.39 is 41.1 Å². The standard InChI is InChI=1S/C22H22F6N4O3.ClH/c1-31-4-6-32(7-5-31)19(13-2-3-17-18(8-13)35-12-34-17)20(33)30-29-16-10-14(21(23,24)25)9-15(11-16)22(26,27)28;/h2-3,8-11,19,29H,4-7,12H2,1H3,(H,30,33);1H. The molecular formula is C22H23ClF6N4O3. The minimum absolute atomic E-state index is 0. The van der Waals surface area contributed by atoms with Crippen LogP contribution in [-0.2, 0) is 17.1 Å². The number of alkyl halides is 6. The predicted molar refractivity (Wildman–Crippen MR) is 120 cm³/mol. The van der Waals surface area contributed by atoms with Gasteiger partial charge in [-0.25, -0.2) is 0 Å². The van der Waals surface area contributed by atoms with Gasteiger partial charge in [0.1, 0.15) is 6.04 Å². The number of carbonyl (C=O) groups excluding carboxylic acids is 1. The van der Waals surface area contributed by atoms with Gasteiger partial charge in [-0.05, 0) is 42.9 Å². The van der Waals surface area contributed by atoms with E-state index in [0.29, 0.717) is 55.4 Å². The molecule has 1 amide bonds. The number of nitrogens with one attached hydrogen (secondary N) is 2. The number of fused-ring (bicyclic) bond motifs is 1. The summed E-state index contributed by atoms with van der Waals surface area (Å²) in [6.45, 7) is 2.41. The fourth-order valence-corrected chi connectivity index (χ4v) is 3.92. The predicted octanol–water partition coefficient (Wildman–Crippen LogP) is 4.31. The molecule has 2 aliphatic rings. The van der Waals surface area contributed by atoms with Crippen molar-refractivity contribution in [2.24, 2.45) is 0 Å². The molecule has 1 atom stereocenters. The molecule has 1 saturated heterocycles. The highest BCUT2D eigenvalue weighted by Crippen LogP contribution is 2.38. The Labute approximate surface area is 208 Å². The van der Waals surface area contributed by atoms with Gasteiger partial charge in [0.05, 0.1) is 16.8 Å². The number of anilines is 1. The van der Waals surface area contributed by atoms with Crippen LogP contribution < -0.4 is 20.3 Å². The van der Waals surface area contributed by atoms with Gasteiger partial charge >= 0.3 is 12.4 Å². The highest BCUT2D eigenvalue weighted by Gasteiger charge is 2.37. The Kier molecular flexibility index (Phi) is 8.16. The van der Waals surface area contributed by atoms with E-state index in [9.17, 15) is 31.1 Å². The number of likely N-dealkylation sites (N-methyl/N-ethyl adjacent to an activating group) is 1. The van der Waals surface area contributed by atoms with Crippen molar-refractivity contribution in [3.05, 3.63) is 53.1 Å². The SMILES string of the molecule is CN1CCN(C(C(=O)NNc2cc(C(F)(F)F)cc(C(F)(F)F)c2)c2ccc3c(c2)OCO3)CC1.Cl. The van der Waals surface area contributed by atoms with Crippen LogP contribution in [0.25, 0.3) is 0 Å². The number of ether oxygens (including phenoxy) is 2. The third kappa shape index (κ3) is 6.26. The first-order valence-corrected chi connectivity index (χ1v) is 10.6. The van der Waals surface area contributed by atoms with Crippen LogP contribution in [0.1, 0.15) is 22.7 Å². The van der Waals surface area contributed by atoms with E-state index in [0.717, 1.165) is 0 Å². The summed E-state index contributed by atoms with van der Waals surface area (Å²) in [4.78, 5) is 17.2. The topological polar surface area (TPSA) is 66.1 Å². The first-order valence-electron chi connectivity index (χ1n) is 10.6. The fourth-order valence-electron chi connectivity index (χ4n) is 3.92. The highest BCUT2D eigenvalue weighted by molar-refractivity contribution is 5.85. The van der Waals surface area contributed by atoms with E-state index in [1.54, 1.807) is 18.2 Å². The lowest BCUT2D eigenvalue weighted by atomic mass is 10.0. The molecule has 7 nitrogen and oxygen atoms in total. The Balaban J connectivity index is 0.00000361. The van der Waals surface area contributed by atoms with Crippen LogP contribution in [0.3, 0.4) is 0 Å². The summed E-state index contributed by atoms with van der Waals surface area (Å²) < 4.78 is 89.6. The number of hydrazine groups is 1. The highest BCUT2D eigenvalue weighted by atomic mass is 35.5. The van der Waals surface area contributed by atoms with E-state index in [2.05, 4.69) is 15.8 Å². The molecule has 2 aromatic carbocycles. The number of halogens is 7. The van der Waals surface area contributed by atoms with Gasteiger partial charge in [-0.3, -0.25) is 20.5 Å². The fraction of sp³-hybridized carbons (Fsp3) is 0.409. The quantitative estimate of drug-likeness (QED) is 0.435. The zero-order valence-electron chi connectivity index (χ0n) is 18.9. The third-order valence-electron chi connectivity index (χ3n) is 5.78. The molecule has 0 aromatic heterocycles. The molecule has 2 aromatic rings. The van der Waals surface area contributed by atoms with Crippen molar-refractivity contribution in [2.45, 2.75) is 18.4 Å². The lowest BCUT2D eigenvalue weighted by Gasteiger charge is -2.37. The summed E-state index contributed by atoms with van der Waals surface area (Å²) in [6, 6.07) is 5.09. The Morgan fingerprint density at radius 2 is 1.47 bits per heavy atom. The lowest BCUT2D eigenvalue weighted by Crippen LogP contribution is -2.50. The van der Waals surface area contributed by atoms with Crippen molar-refractivity contribution >= 4 is 24.0 Å². The Morgan fingerprint density at radius 1 is 0.889 bits per heavy atom. The zero-order chi connectivity index (χ0) is 25.4. The van der Waals surface area contributed by atoms with E-state index in [1.165, 1.54) is 0 Å². The van der Waals surface area contributed by atoms with E-state index in [4.69, 9.17) is 9.47 Å². The summed E-state index contributed by atoms with van der Waals surface area (Å²) in [6.07, 6.45) is -10.0. The molecule has 0 radical (unpaired) electrons. The maximum absolute atomic E-state index is 13.2. The monoisotopic (exact) mass is 540 g/mol. The van der Waals surface area contributed by atoms with E-state index in [1.807, 2.05) is 11.9 Å². The maximum Gasteiger partial charge on any atom is 0.416 e. The summed E-state index contributed by atoms with van der Waals surface area (Å²) in [5.74, 6) is 0.294. The van der Waals surface area contributed by atoms with Crippen LogP contribution in [0.5, 0.6) is 11.5 Å².